The maximum atomic E-state index is 11.5. The van der Waals surface area contributed by atoms with Gasteiger partial charge in [0.2, 0.25) is 5.91 Å². The molecule has 0 aliphatic rings. The van der Waals surface area contributed by atoms with Crippen molar-refractivity contribution in [2.24, 2.45) is 0 Å². The molecule has 1 amide bonds. The molecule has 0 radical (unpaired) electrons. The average molecular weight is 272 g/mol. The van der Waals surface area contributed by atoms with Gasteiger partial charge in [0.25, 0.3) is 0 Å². The summed E-state index contributed by atoms with van der Waals surface area (Å²) in [6, 6.07) is 7.95. The Kier molecular flexibility index (Phi) is 6.45. The Labute approximate surface area is 112 Å². The molecule has 0 aliphatic heterocycles. The number of amides is 1. The quantitative estimate of drug-likeness (QED) is 0.799. The van der Waals surface area contributed by atoms with E-state index in [1.807, 2.05) is 31.2 Å². The first-order chi connectivity index (χ1) is 8.13. The van der Waals surface area contributed by atoms with Gasteiger partial charge in [0, 0.05) is 23.1 Å². The zero-order valence-electron chi connectivity index (χ0n) is 10.2. The van der Waals surface area contributed by atoms with E-state index < -0.39 is 0 Å². The predicted octanol–water partition coefficient (Wildman–Crippen LogP) is 3.74. The topological polar surface area (TPSA) is 29.1 Å². The number of halogens is 1. The average Bonchev–Trinajstić information content (AvgIpc) is 2.31. The molecule has 4 heteroatoms. The van der Waals surface area contributed by atoms with Crippen molar-refractivity contribution in [1.82, 2.24) is 5.32 Å². The lowest BCUT2D eigenvalue weighted by atomic mass is 10.2. The van der Waals surface area contributed by atoms with Crippen LogP contribution in [0.3, 0.4) is 0 Å². The second-order valence-electron chi connectivity index (χ2n) is 3.91. The van der Waals surface area contributed by atoms with Gasteiger partial charge in [-0.1, -0.05) is 30.7 Å². The lowest BCUT2D eigenvalue weighted by Gasteiger charge is -2.11. The molecule has 0 heterocycles. The largest absolute Gasteiger partial charge is 0.354 e. The lowest BCUT2D eigenvalue weighted by Crippen LogP contribution is -2.32. The van der Waals surface area contributed by atoms with Crippen LogP contribution in [-0.2, 0) is 4.79 Å². The third-order valence-corrected chi connectivity index (χ3v) is 3.96. The van der Waals surface area contributed by atoms with Crippen LogP contribution in [0.5, 0.6) is 0 Å². The molecular weight excluding hydrogens is 254 g/mol. The zero-order chi connectivity index (χ0) is 12.7. The molecule has 0 fully saturated rings. The van der Waals surface area contributed by atoms with E-state index in [4.69, 9.17) is 11.6 Å². The van der Waals surface area contributed by atoms with E-state index in [0.29, 0.717) is 6.42 Å². The van der Waals surface area contributed by atoms with Crippen molar-refractivity contribution in [3.05, 3.63) is 29.3 Å². The van der Waals surface area contributed by atoms with Crippen molar-refractivity contribution in [1.29, 1.82) is 0 Å². The van der Waals surface area contributed by atoms with Gasteiger partial charge >= 0.3 is 0 Å². The molecule has 0 aromatic heterocycles. The fraction of sp³-hybridized carbons (Fsp3) is 0.462. The molecule has 1 rings (SSSR count). The Morgan fingerprint density at radius 3 is 2.82 bits per heavy atom. The van der Waals surface area contributed by atoms with Crippen LogP contribution in [0.15, 0.2) is 29.2 Å². The summed E-state index contributed by atoms with van der Waals surface area (Å²) in [6.45, 7) is 4.07. The van der Waals surface area contributed by atoms with Crippen molar-refractivity contribution >= 4 is 29.3 Å². The molecule has 0 aliphatic carbocycles. The highest BCUT2D eigenvalue weighted by Gasteiger charge is 2.06. The molecular formula is C13H18ClNOS. The summed E-state index contributed by atoms with van der Waals surface area (Å²) in [5.41, 5.74) is 0. The third kappa shape index (κ3) is 5.46. The van der Waals surface area contributed by atoms with Crippen molar-refractivity contribution in [3.8, 4) is 0 Å². The first-order valence-corrected chi connectivity index (χ1v) is 7.16. The second kappa shape index (κ2) is 7.62. The molecule has 0 spiro atoms. The molecule has 0 bridgehead atoms. The highest BCUT2D eigenvalue weighted by atomic mass is 35.5. The number of benzene rings is 1. The number of thioether (sulfide) groups is 1. The summed E-state index contributed by atoms with van der Waals surface area (Å²) < 4.78 is 0. The molecule has 1 N–H and O–H groups in total. The van der Waals surface area contributed by atoms with E-state index in [9.17, 15) is 4.79 Å². The van der Waals surface area contributed by atoms with Crippen LogP contribution in [0.4, 0.5) is 0 Å². The van der Waals surface area contributed by atoms with Gasteiger partial charge < -0.3 is 5.32 Å². The van der Waals surface area contributed by atoms with Gasteiger partial charge in [-0.15, -0.1) is 11.8 Å². The highest BCUT2D eigenvalue weighted by molar-refractivity contribution is 7.99. The van der Waals surface area contributed by atoms with Crippen LogP contribution in [0.2, 0.25) is 5.02 Å². The first-order valence-electron chi connectivity index (χ1n) is 5.80. The van der Waals surface area contributed by atoms with Gasteiger partial charge in [0.1, 0.15) is 0 Å². The summed E-state index contributed by atoms with van der Waals surface area (Å²) in [4.78, 5) is 12.6. The van der Waals surface area contributed by atoms with Gasteiger partial charge in [-0.25, -0.2) is 0 Å². The van der Waals surface area contributed by atoms with Gasteiger partial charge in [-0.3, -0.25) is 4.79 Å². The lowest BCUT2D eigenvalue weighted by molar-refractivity contribution is -0.121. The van der Waals surface area contributed by atoms with Crippen LogP contribution in [0.1, 0.15) is 26.7 Å². The Balaban J connectivity index is 2.29. The van der Waals surface area contributed by atoms with Crippen molar-refractivity contribution in [3.63, 3.8) is 0 Å². The van der Waals surface area contributed by atoms with E-state index >= 15 is 0 Å². The molecule has 1 aromatic rings. The van der Waals surface area contributed by atoms with E-state index in [-0.39, 0.29) is 11.9 Å². The Hall–Kier alpha value is -0.670. The van der Waals surface area contributed by atoms with E-state index in [2.05, 4.69) is 12.2 Å². The Morgan fingerprint density at radius 2 is 2.18 bits per heavy atom. The maximum Gasteiger partial charge on any atom is 0.221 e. The number of nitrogens with one attached hydrogen (secondary N) is 1. The van der Waals surface area contributed by atoms with Crippen LogP contribution < -0.4 is 5.32 Å². The number of carbonyl (C=O) groups excluding carboxylic acids is 1. The van der Waals surface area contributed by atoms with Crippen molar-refractivity contribution < 1.29 is 4.79 Å². The second-order valence-corrected chi connectivity index (χ2v) is 5.45. The molecule has 17 heavy (non-hydrogen) atoms. The molecule has 0 saturated heterocycles. The summed E-state index contributed by atoms with van der Waals surface area (Å²) in [6.07, 6.45) is 1.49. The Bertz CT molecular complexity index is 370. The monoisotopic (exact) mass is 271 g/mol. The summed E-state index contributed by atoms with van der Waals surface area (Å²) in [5, 5.41) is 3.70. The third-order valence-electron chi connectivity index (χ3n) is 2.44. The standard InChI is InChI=1S/C13H18ClNOS/c1-3-10(2)15-13(16)8-9-17-12-7-5-4-6-11(12)14/h4-7,10H,3,8-9H2,1-2H3,(H,15,16)/t10-/m1/s1. The molecule has 1 atom stereocenters. The van der Waals surface area contributed by atoms with Crippen molar-refractivity contribution in [2.75, 3.05) is 5.75 Å². The van der Waals surface area contributed by atoms with Gasteiger partial charge in [0.05, 0.1) is 5.02 Å². The minimum absolute atomic E-state index is 0.110. The normalized spacial score (nSPS) is 12.2. The fourth-order valence-electron chi connectivity index (χ4n) is 1.26. The number of hydrogen-bond donors (Lipinski definition) is 1. The molecule has 94 valence electrons. The van der Waals surface area contributed by atoms with Crippen LogP contribution >= 0.6 is 23.4 Å². The van der Waals surface area contributed by atoms with Gasteiger partial charge in [-0.05, 0) is 25.5 Å². The summed E-state index contributed by atoms with van der Waals surface area (Å²) in [7, 11) is 0. The Morgan fingerprint density at radius 1 is 1.47 bits per heavy atom. The van der Waals surface area contributed by atoms with Gasteiger partial charge in [0.15, 0.2) is 0 Å². The molecule has 0 saturated carbocycles. The zero-order valence-corrected chi connectivity index (χ0v) is 11.8. The van der Waals surface area contributed by atoms with E-state index in [1.54, 1.807) is 11.8 Å². The molecule has 0 unspecified atom stereocenters. The minimum atomic E-state index is 0.110. The van der Waals surface area contributed by atoms with Crippen LogP contribution in [-0.4, -0.2) is 17.7 Å². The summed E-state index contributed by atoms with van der Waals surface area (Å²) >= 11 is 7.64. The highest BCUT2D eigenvalue weighted by Crippen LogP contribution is 2.26. The number of hydrogen-bond acceptors (Lipinski definition) is 2. The maximum absolute atomic E-state index is 11.5. The first kappa shape index (κ1) is 14.4. The van der Waals surface area contributed by atoms with E-state index in [0.717, 1.165) is 22.1 Å². The SMILES string of the molecule is CC[C@@H](C)NC(=O)CCSc1ccccc1Cl. The predicted molar refractivity (Wildman–Crippen MR) is 74.7 cm³/mol. The van der Waals surface area contributed by atoms with Gasteiger partial charge in [-0.2, -0.15) is 0 Å². The number of carbonyl (C=O) groups is 1. The van der Waals surface area contributed by atoms with Crippen LogP contribution in [0.25, 0.3) is 0 Å². The smallest absolute Gasteiger partial charge is 0.221 e. The molecule has 1 aromatic carbocycles. The van der Waals surface area contributed by atoms with Crippen LogP contribution in [0, 0.1) is 0 Å². The van der Waals surface area contributed by atoms with E-state index in [1.165, 1.54) is 0 Å². The number of rotatable bonds is 6. The molecule has 2 nitrogen and oxygen atoms in total. The van der Waals surface area contributed by atoms with Crippen molar-refractivity contribution in [2.45, 2.75) is 37.6 Å². The minimum Gasteiger partial charge on any atom is -0.354 e. The summed E-state index contributed by atoms with van der Waals surface area (Å²) in [5.74, 6) is 0.866. The fourth-order valence-corrected chi connectivity index (χ4v) is 2.45.